The summed E-state index contributed by atoms with van der Waals surface area (Å²) in [5.74, 6) is -2.39. The summed E-state index contributed by atoms with van der Waals surface area (Å²) in [6, 6.07) is 4.56. The van der Waals surface area contributed by atoms with Crippen LogP contribution in [-0.4, -0.2) is 30.2 Å². The van der Waals surface area contributed by atoms with Gasteiger partial charge in [-0.25, -0.2) is 18.8 Å². The van der Waals surface area contributed by atoms with Gasteiger partial charge in [-0.1, -0.05) is 25.8 Å². The van der Waals surface area contributed by atoms with Crippen LogP contribution < -0.4 is 9.47 Å². The molecule has 31 heavy (non-hydrogen) atoms. The lowest BCUT2D eigenvalue weighted by Gasteiger charge is -2.32. The number of alkyl halides is 1. The molecular formula is C24H27FO6. The van der Waals surface area contributed by atoms with Gasteiger partial charge in [-0.05, 0) is 51.3 Å². The van der Waals surface area contributed by atoms with Crippen molar-refractivity contribution in [2.45, 2.75) is 58.2 Å². The number of hydrogen-bond acceptors (Lipinski definition) is 6. The molecule has 0 aliphatic heterocycles. The predicted molar refractivity (Wildman–Crippen MR) is 114 cm³/mol. The summed E-state index contributed by atoms with van der Waals surface area (Å²) in [5, 5.41) is 0. The zero-order valence-corrected chi connectivity index (χ0v) is 18.0. The lowest BCUT2D eigenvalue weighted by atomic mass is 9.81. The van der Waals surface area contributed by atoms with E-state index in [0.29, 0.717) is 18.4 Å². The van der Waals surface area contributed by atoms with Crippen LogP contribution in [0.4, 0.5) is 4.39 Å². The SMILES string of the molecule is C=C(C)C(=O)Oc1ccc([C@@H]2CCC(OC(=O)C(=C)C)CC2F)cc1OC(=O)C(=C)C. The molecule has 3 atom stereocenters. The van der Waals surface area contributed by atoms with Crippen molar-refractivity contribution in [1.29, 1.82) is 0 Å². The van der Waals surface area contributed by atoms with E-state index in [1.165, 1.54) is 32.9 Å². The van der Waals surface area contributed by atoms with E-state index in [9.17, 15) is 18.8 Å². The Labute approximate surface area is 181 Å². The van der Waals surface area contributed by atoms with Gasteiger partial charge in [-0.2, -0.15) is 0 Å². The molecule has 1 aromatic rings. The molecule has 6 nitrogen and oxygen atoms in total. The molecule has 0 heterocycles. The number of esters is 3. The Morgan fingerprint density at radius 1 is 0.871 bits per heavy atom. The average Bonchev–Trinajstić information content (AvgIpc) is 2.69. The minimum absolute atomic E-state index is 0.0110. The van der Waals surface area contributed by atoms with E-state index >= 15 is 0 Å². The topological polar surface area (TPSA) is 78.9 Å². The highest BCUT2D eigenvalue weighted by Gasteiger charge is 2.34. The first-order valence-electron chi connectivity index (χ1n) is 9.89. The predicted octanol–water partition coefficient (Wildman–Crippen LogP) is 4.74. The summed E-state index contributed by atoms with van der Waals surface area (Å²) in [5.41, 5.74) is 1.18. The van der Waals surface area contributed by atoms with Crippen LogP contribution in [0.1, 0.15) is 51.5 Å². The average molecular weight is 430 g/mol. The largest absolute Gasteiger partial charge is 0.459 e. The summed E-state index contributed by atoms with van der Waals surface area (Å²) in [4.78, 5) is 35.6. The third-order valence-electron chi connectivity index (χ3n) is 4.84. The van der Waals surface area contributed by atoms with E-state index in [1.54, 1.807) is 6.07 Å². The van der Waals surface area contributed by atoms with Crippen molar-refractivity contribution in [2.75, 3.05) is 0 Å². The second-order valence-electron chi connectivity index (χ2n) is 7.79. The number of ether oxygens (including phenoxy) is 3. The highest BCUT2D eigenvalue weighted by molar-refractivity contribution is 5.91. The zero-order chi connectivity index (χ0) is 23.3. The fraction of sp³-hybridized carbons (Fsp3) is 0.375. The molecule has 166 valence electrons. The molecule has 1 saturated carbocycles. The standard InChI is InChI=1S/C24H27FO6/c1-13(2)22(26)29-17-8-9-18(19(25)12-17)16-7-10-20(30-23(27)14(3)4)21(11-16)31-24(28)15(5)6/h7,10-11,17-19H,1,3,5,8-9,12H2,2,4,6H3/t17?,18-,19?/m0/s1. The Hall–Kier alpha value is -3.22. The van der Waals surface area contributed by atoms with E-state index in [1.807, 2.05) is 0 Å². The van der Waals surface area contributed by atoms with Crippen molar-refractivity contribution >= 4 is 17.9 Å². The van der Waals surface area contributed by atoms with E-state index < -0.39 is 36.1 Å². The number of rotatable bonds is 7. The van der Waals surface area contributed by atoms with Crippen molar-refractivity contribution in [1.82, 2.24) is 0 Å². The van der Waals surface area contributed by atoms with Crippen molar-refractivity contribution in [3.05, 3.63) is 60.2 Å². The number of carbonyl (C=O) groups excluding carboxylic acids is 3. The molecule has 7 heteroatoms. The third kappa shape index (κ3) is 6.38. The zero-order valence-electron chi connectivity index (χ0n) is 18.0. The Morgan fingerprint density at radius 2 is 1.42 bits per heavy atom. The first-order chi connectivity index (χ1) is 14.5. The highest BCUT2D eigenvalue weighted by Crippen LogP contribution is 2.40. The number of carbonyl (C=O) groups is 3. The summed E-state index contributed by atoms with van der Waals surface area (Å²) in [6.45, 7) is 15.1. The highest BCUT2D eigenvalue weighted by atomic mass is 19.1. The van der Waals surface area contributed by atoms with Gasteiger partial charge in [-0.15, -0.1) is 0 Å². The lowest BCUT2D eigenvalue weighted by molar-refractivity contribution is -0.146. The minimum Gasteiger partial charge on any atom is -0.459 e. The molecule has 0 saturated heterocycles. The molecule has 1 aliphatic rings. The van der Waals surface area contributed by atoms with E-state index in [-0.39, 0.29) is 34.6 Å². The molecule has 2 rings (SSSR count). The quantitative estimate of drug-likeness (QED) is 0.353. The lowest BCUT2D eigenvalue weighted by Crippen LogP contribution is -2.31. The Balaban J connectivity index is 2.24. The van der Waals surface area contributed by atoms with Gasteiger partial charge in [0.25, 0.3) is 0 Å². The van der Waals surface area contributed by atoms with Crippen molar-refractivity contribution < 1.29 is 33.0 Å². The molecular weight excluding hydrogens is 403 g/mol. The monoisotopic (exact) mass is 430 g/mol. The summed E-state index contributed by atoms with van der Waals surface area (Å²) in [6.07, 6.45) is -0.834. The summed E-state index contributed by atoms with van der Waals surface area (Å²) >= 11 is 0. The van der Waals surface area contributed by atoms with Crippen LogP contribution in [0.5, 0.6) is 11.5 Å². The fourth-order valence-electron chi connectivity index (χ4n) is 3.11. The molecule has 1 aromatic carbocycles. The molecule has 0 N–H and O–H groups in total. The van der Waals surface area contributed by atoms with Crippen molar-refractivity contribution in [2.24, 2.45) is 0 Å². The van der Waals surface area contributed by atoms with Crippen LogP contribution in [-0.2, 0) is 19.1 Å². The van der Waals surface area contributed by atoms with Gasteiger partial charge in [0.05, 0.1) is 0 Å². The van der Waals surface area contributed by atoms with Crippen LogP contribution in [0, 0.1) is 0 Å². The number of benzene rings is 1. The molecule has 0 amide bonds. The van der Waals surface area contributed by atoms with Crippen LogP contribution in [0.15, 0.2) is 54.7 Å². The molecule has 0 aromatic heterocycles. The maximum Gasteiger partial charge on any atom is 0.338 e. The molecule has 0 spiro atoms. The fourth-order valence-corrected chi connectivity index (χ4v) is 3.11. The molecule has 0 bridgehead atoms. The molecule has 2 unspecified atom stereocenters. The minimum atomic E-state index is -1.27. The second-order valence-corrected chi connectivity index (χ2v) is 7.79. The third-order valence-corrected chi connectivity index (χ3v) is 4.84. The normalized spacial score (nSPS) is 20.3. The maximum absolute atomic E-state index is 14.9. The van der Waals surface area contributed by atoms with Gasteiger partial charge in [-0.3, -0.25) is 0 Å². The molecule has 0 radical (unpaired) electrons. The maximum atomic E-state index is 14.9. The van der Waals surface area contributed by atoms with Gasteiger partial charge in [0.2, 0.25) is 0 Å². The van der Waals surface area contributed by atoms with E-state index in [0.717, 1.165) is 0 Å². The second kappa shape index (κ2) is 10.2. The number of halogens is 1. The van der Waals surface area contributed by atoms with Gasteiger partial charge in [0.1, 0.15) is 12.3 Å². The van der Waals surface area contributed by atoms with Crippen LogP contribution in [0.3, 0.4) is 0 Å². The van der Waals surface area contributed by atoms with Crippen molar-refractivity contribution in [3.8, 4) is 11.5 Å². The Morgan fingerprint density at radius 3 is 1.94 bits per heavy atom. The van der Waals surface area contributed by atoms with Crippen LogP contribution in [0.25, 0.3) is 0 Å². The molecule has 1 aliphatic carbocycles. The first-order valence-corrected chi connectivity index (χ1v) is 9.89. The van der Waals surface area contributed by atoms with E-state index in [4.69, 9.17) is 14.2 Å². The van der Waals surface area contributed by atoms with Gasteiger partial charge in [0.15, 0.2) is 11.5 Å². The van der Waals surface area contributed by atoms with Gasteiger partial charge >= 0.3 is 17.9 Å². The van der Waals surface area contributed by atoms with Crippen LogP contribution >= 0.6 is 0 Å². The van der Waals surface area contributed by atoms with E-state index in [2.05, 4.69) is 19.7 Å². The van der Waals surface area contributed by atoms with Gasteiger partial charge < -0.3 is 14.2 Å². The first kappa shape index (κ1) is 24.1. The Kier molecular flexibility index (Phi) is 7.91. The molecule has 1 fully saturated rings. The summed E-state index contributed by atoms with van der Waals surface area (Å²) < 4.78 is 30.8. The van der Waals surface area contributed by atoms with Gasteiger partial charge in [0, 0.05) is 29.1 Å². The smallest absolute Gasteiger partial charge is 0.338 e. The summed E-state index contributed by atoms with van der Waals surface area (Å²) in [7, 11) is 0. The van der Waals surface area contributed by atoms with Crippen molar-refractivity contribution in [3.63, 3.8) is 0 Å². The number of hydrogen-bond donors (Lipinski definition) is 0. The Bertz CT molecular complexity index is 932. The van der Waals surface area contributed by atoms with Crippen LogP contribution in [0.2, 0.25) is 0 Å².